The predicted molar refractivity (Wildman–Crippen MR) is 30.4 cm³/mol. The van der Waals surface area contributed by atoms with Crippen LogP contribution in [0.5, 0.6) is 0 Å². The zero-order valence-corrected chi connectivity index (χ0v) is 4.44. The quantitative estimate of drug-likeness (QED) is 0.445. The number of rotatable bonds is 0. The second-order valence-electron chi connectivity index (χ2n) is 1.65. The van der Waals surface area contributed by atoms with Crippen molar-refractivity contribution < 1.29 is 4.11 Å². The van der Waals surface area contributed by atoms with Gasteiger partial charge in [0.2, 0.25) is 0 Å². The summed E-state index contributed by atoms with van der Waals surface area (Å²) in [5.74, 6) is 0. The van der Waals surface area contributed by atoms with Gasteiger partial charge in [-0.15, -0.1) is 0 Å². The summed E-state index contributed by atoms with van der Waals surface area (Å²) < 4.78 is 22.0. The Balaban J connectivity index is 2.63. The minimum absolute atomic E-state index is 0.669. The molecule has 1 aliphatic heterocycles. The van der Waals surface area contributed by atoms with Crippen LogP contribution >= 0.6 is 0 Å². The molecule has 0 aromatic heterocycles. The van der Waals surface area contributed by atoms with Gasteiger partial charge in [0.25, 0.3) is 0 Å². The lowest BCUT2D eigenvalue weighted by molar-refractivity contribution is 0.291. The Morgan fingerprint density at radius 2 is 2.71 bits per heavy atom. The van der Waals surface area contributed by atoms with Crippen molar-refractivity contribution in [2.75, 3.05) is 33.2 Å². The summed E-state index contributed by atoms with van der Waals surface area (Å²) in [4.78, 5) is 1.56. The van der Waals surface area contributed by atoms with Crippen LogP contribution < -0.4 is 5.32 Å². The molecule has 0 spiro atoms. The first-order valence-corrected chi connectivity index (χ1v) is 2.42. The lowest BCUT2D eigenvalue weighted by atomic mass is 10.4. The summed E-state index contributed by atoms with van der Waals surface area (Å²) in [6, 6.07) is 0. The molecule has 1 fully saturated rings. The van der Waals surface area contributed by atoms with Crippen LogP contribution in [0.2, 0.25) is 0 Å². The average Bonchev–Trinajstić information content (AvgIpc) is 1.84. The van der Waals surface area contributed by atoms with E-state index in [2.05, 4.69) is 5.32 Å². The molecule has 1 heterocycles. The highest BCUT2D eigenvalue weighted by Crippen LogP contribution is 1.82. The van der Waals surface area contributed by atoms with Crippen molar-refractivity contribution >= 4 is 0 Å². The van der Waals surface area contributed by atoms with Crippen LogP contribution in [0.25, 0.3) is 0 Å². The molecule has 42 valence electrons. The molecule has 0 aliphatic carbocycles. The van der Waals surface area contributed by atoms with E-state index in [4.69, 9.17) is 4.11 Å². The van der Waals surface area contributed by atoms with Gasteiger partial charge in [-0.25, -0.2) is 0 Å². The smallest absolute Gasteiger partial charge is 0.0444 e. The fourth-order valence-corrected chi connectivity index (χ4v) is 0.525. The van der Waals surface area contributed by atoms with Crippen LogP contribution in [-0.2, 0) is 0 Å². The molecule has 0 amide bonds. The van der Waals surface area contributed by atoms with Crippen molar-refractivity contribution in [1.29, 1.82) is 0 Å². The van der Waals surface area contributed by atoms with Gasteiger partial charge in [0.15, 0.2) is 0 Å². The normalized spacial score (nSPS) is 49.3. The third kappa shape index (κ3) is 1.45. The van der Waals surface area contributed by atoms with Crippen molar-refractivity contribution in [3.8, 4) is 0 Å². The Morgan fingerprint density at radius 1 is 1.86 bits per heavy atom. The van der Waals surface area contributed by atoms with Gasteiger partial charge in [0, 0.05) is 30.2 Å². The number of likely N-dealkylation sites (N-methyl/N-ethyl adjacent to an activating group) is 1. The largest absolute Gasteiger partial charge is 0.314 e. The molecule has 2 heteroatoms. The Labute approximate surface area is 48.7 Å². The van der Waals surface area contributed by atoms with Crippen molar-refractivity contribution in [1.82, 2.24) is 10.2 Å². The van der Waals surface area contributed by atoms with E-state index in [9.17, 15) is 0 Å². The van der Waals surface area contributed by atoms with Crippen molar-refractivity contribution in [3.05, 3.63) is 0 Å². The van der Waals surface area contributed by atoms with Gasteiger partial charge < -0.3 is 10.2 Å². The third-order valence-corrected chi connectivity index (χ3v) is 0.979. The molecule has 7 heavy (non-hydrogen) atoms. The second-order valence-corrected chi connectivity index (χ2v) is 1.65. The van der Waals surface area contributed by atoms with Crippen molar-refractivity contribution in [2.24, 2.45) is 0 Å². The van der Waals surface area contributed by atoms with E-state index in [0.717, 1.165) is 0 Å². The fourth-order valence-electron chi connectivity index (χ4n) is 0.525. The molecule has 0 saturated carbocycles. The van der Waals surface area contributed by atoms with Gasteiger partial charge in [-0.3, -0.25) is 0 Å². The molecule has 1 unspecified atom stereocenters. The van der Waals surface area contributed by atoms with E-state index in [0.29, 0.717) is 13.1 Å². The number of nitrogens with zero attached hydrogens (tertiary/aromatic N) is 1. The van der Waals surface area contributed by atoms with Gasteiger partial charge in [-0.1, -0.05) is 0 Å². The molecule has 1 aliphatic rings. The highest BCUT2D eigenvalue weighted by Gasteiger charge is 2.01. The maximum atomic E-state index is 7.38. The van der Waals surface area contributed by atoms with Crippen molar-refractivity contribution in [2.45, 2.75) is 0 Å². The SMILES string of the molecule is [2H]C1NCCN(C)C1([2H])[2H]. The number of nitrogens with one attached hydrogen (secondary N) is 1. The van der Waals surface area contributed by atoms with Crippen molar-refractivity contribution in [3.63, 3.8) is 0 Å². The first-order chi connectivity index (χ1) is 4.55. The molecule has 1 rings (SSSR count). The summed E-state index contributed by atoms with van der Waals surface area (Å²) in [6.45, 7) is -0.962. The maximum Gasteiger partial charge on any atom is 0.0444 e. The Kier molecular flexibility index (Phi) is 0.804. The lowest BCUT2D eigenvalue weighted by Gasteiger charge is -2.21. The minimum Gasteiger partial charge on any atom is -0.314 e. The maximum absolute atomic E-state index is 7.38. The summed E-state index contributed by atoms with van der Waals surface area (Å²) in [5.41, 5.74) is 0. The average molecular weight is 103 g/mol. The summed E-state index contributed by atoms with van der Waals surface area (Å²) in [5, 5.41) is 2.75. The number of hydrogen-bond donors (Lipinski definition) is 1. The Hall–Kier alpha value is -0.0800. The van der Waals surface area contributed by atoms with Gasteiger partial charge in [-0.2, -0.15) is 0 Å². The summed E-state index contributed by atoms with van der Waals surface area (Å²) in [7, 11) is 1.70. The highest BCUT2D eigenvalue weighted by atomic mass is 15.2. The predicted octanol–water partition coefficient (Wildman–Crippen LogP) is -0.479. The van der Waals surface area contributed by atoms with Crippen LogP contribution in [0.15, 0.2) is 0 Å². The molecular weight excluding hydrogens is 88.1 g/mol. The van der Waals surface area contributed by atoms with E-state index in [1.54, 1.807) is 11.9 Å². The molecule has 0 bridgehead atoms. The molecule has 1 saturated heterocycles. The van der Waals surface area contributed by atoms with Gasteiger partial charge >= 0.3 is 0 Å². The van der Waals surface area contributed by atoms with Crippen LogP contribution in [0, 0.1) is 0 Å². The second kappa shape index (κ2) is 2.28. The van der Waals surface area contributed by atoms with Crippen LogP contribution in [0.1, 0.15) is 4.11 Å². The van der Waals surface area contributed by atoms with Crippen LogP contribution in [-0.4, -0.2) is 38.1 Å². The standard InChI is InChI=1S/C5H12N2/c1-7-4-2-6-3-5-7/h6H,2-5H2,1H3/i2D,4D2. The zero-order chi connectivity index (χ0) is 7.78. The molecule has 0 radical (unpaired) electrons. The number of piperazine rings is 1. The Bertz CT molecular complexity index is 116. The molecule has 0 aromatic rings. The van der Waals surface area contributed by atoms with E-state index < -0.39 is 13.0 Å². The minimum atomic E-state index is -1.52. The van der Waals surface area contributed by atoms with Gasteiger partial charge in [-0.05, 0) is 7.05 Å². The molecule has 0 aromatic carbocycles. The fraction of sp³-hybridized carbons (Fsp3) is 1.00. The lowest BCUT2D eigenvalue weighted by Crippen LogP contribution is -2.40. The third-order valence-electron chi connectivity index (χ3n) is 0.979. The Morgan fingerprint density at radius 3 is 3.29 bits per heavy atom. The van der Waals surface area contributed by atoms with E-state index in [1.807, 2.05) is 0 Å². The monoisotopic (exact) mass is 103 g/mol. The van der Waals surface area contributed by atoms with Crippen LogP contribution in [0.3, 0.4) is 0 Å². The first-order valence-electron chi connectivity index (χ1n) is 4.00. The summed E-state index contributed by atoms with van der Waals surface area (Å²) in [6.07, 6.45) is 0. The zero-order valence-electron chi connectivity index (χ0n) is 7.44. The van der Waals surface area contributed by atoms with Gasteiger partial charge in [0.1, 0.15) is 0 Å². The molecular formula is C5H12N2. The van der Waals surface area contributed by atoms with E-state index >= 15 is 0 Å². The first kappa shape index (κ1) is 2.46. The molecule has 1 N–H and O–H groups in total. The topological polar surface area (TPSA) is 15.3 Å². The number of hydrogen-bond acceptors (Lipinski definition) is 2. The highest BCUT2D eigenvalue weighted by molar-refractivity contribution is 4.62. The van der Waals surface area contributed by atoms with E-state index in [1.165, 1.54) is 0 Å². The summed E-state index contributed by atoms with van der Waals surface area (Å²) >= 11 is 0. The molecule has 2 nitrogen and oxygen atoms in total. The van der Waals surface area contributed by atoms with Gasteiger partial charge in [0.05, 0.1) is 0 Å². The van der Waals surface area contributed by atoms with Crippen LogP contribution in [0.4, 0.5) is 0 Å². The van der Waals surface area contributed by atoms with E-state index in [-0.39, 0.29) is 0 Å². The molecule has 1 atom stereocenters.